The van der Waals surface area contributed by atoms with E-state index >= 15 is 0 Å². The molecule has 0 aliphatic heterocycles. The Morgan fingerprint density at radius 2 is 2.14 bits per heavy atom. The molecule has 21 heavy (non-hydrogen) atoms. The van der Waals surface area contributed by atoms with Gasteiger partial charge in [0.15, 0.2) is 5.82 Å². The van der Waals surface area contributed by atoms with Crippen molar-refractivity contribution in [1.82, 2.24) is 20.1 Å². The van der Waals surface area contributed by atoms with E-state index in [0.29, 0.717) is 12.4 Å². The number of aryl methyl sites for hydroxylation is 2. The van der Waals surface area contributed by atoms with E-state index in [-0.39, 0.29) is 11.6 Å². The first-order chi connectivity index (χ1) is 10.1. The predicted octanol–water partition coefficient (Wildman–Crippen LogP) is 0.848. The highest BCUT2D eigenvalue weighted by atomic mass is 16.2. The highest BCUT2D eigenvalue weighted by molar-refractivity contribution is 5.87. The molecule has 0 bridgehead atoms. The maximum Gasteiger partial charge on any atom is 0.320 e. The number of nitrogens with one attached hydrogen (secondary N) is 2. The molecule has 0 radical (unpaired) electrons. The van der Waals surface area contributed by atoms with Gasteiger partial charge in [-0.2, -0.15) is 5.10 Å². The van der Waals surface area contributed by atoms with E-state index < -0.39 is 0 Å². The Labute approximate surface area is 122 Å². The van der Waals surface area contributed by atoms with Crippen LogP contribution in [0.2, 0.25) is 0 Å². The summed E-state index contributed by atoms with van der Waals surface area (Å²) in [5.41, 5.74) is 2.01. The summed E-state index contributed by atoms with van der Waals surface area (Å²) < 4.78 is 1.16. The van der Waals surface area contributed by atoms with Gasteiger partial charge in [-0.15, -0.1) is 0 Å². The van der Waals surface area contributed by atoms with Crippen LogP contribution in [0.5, 0.6) is 0 Å². The molecule has 7 nitrogen and oxygen atoms in total. The first-order valence-corrected chi connectivity index (χ1v) is 6.55. The van der Waals surface area contributed by atoms with Gasteiger partial charge in [0.05, 0.1) is 0 Å². The molecule has 0 aliphatic rings. The Morgan fingerprint density at radius 1 is 1.33 bits per heavy atom. The third-order valence-corrected chi connectivity index (χ3v) is 3.02. The highest BCUT2D eigenvalue weighted by Crippen LogP contribution is 2.05. The zero-order valence-electron chi connectivity index (χ0n) is 12.0. The van der Waals surface area contributed by atoms with Crippen molar-refractivity contribution in [2.45, 2.75) is 13.3 Å². The molecular formula is C14H17N5O2. The van der Waals surface area contributed by atoms with Gasteiger partial charge in [0.2, 0.25) is 0 Å². The van der Waals surface area contributed by atoms with Gasteiger partial charge in [0.25, 0.3) is 5.56 Å². The van der Waals surface area contributed by atoms with Crippen LogP contribution in [0.3, 0.4) is 0 Å². The van der Waals surface area contributed by atoms with Crippen LogP contribution in [0.1, 0.15) is 11.1 Å². The van der Waals surface area contributed by atoms with E-state index in [1.807, 2.05) is 13.0 Å². The zero-order valence-corrected chi connectivity index (χ0v) is 12.0. The van der Waals surface area contributed by atoms with Crippen molar-refractivity contribution < 1.29 is 4.79 Å². The maximum atomic E-state index is 11.7. The first kappa shape index (κ1) is 14.7. The average molecular weight is 287 g/mol. The molecule has 0 aromatic carbocycles. The van der Waals surface area contributed by atoms with Crippen LogP contribution in [-0.4, -0.2) is 27.3 Å². The normalized spacial score (nSPS) is 10.2. The largest absolute Gasteiger partial charge is 0.337 e. The molecule has 0 fully saturated rings. The lowest BCUT2D eigenvalue weighted by molar-refractivity contribution is 0.252. The summed E-state index contributed by atoms with van der Waals surface area (Å²) in [6.45, 7) is 2.49. The molecule has 0 unspecified atom stereocenters. The number of amides is 2. The molecule has 0 atom stereocenters. The Kier molecular flexibility index (Phi) is 4.65. The second-order valence-electron chi connectivity index (χ2n) is 4.61. The monoisotopic (exact) mass is 287 g/mol. The topological polar surface area (TPSA) is 88.9 Å². The number of pyridine rings is 1. The lowest BCUT2D eigenvalue weighted by Gasteiger charge is -2.08. The first-order valence-electron chi connectivity index (χ1n) is 6.55. The fourth-order valence-corrected chi connectivity index (χ4v) is 1.82. The third kappa shape index (κ3) is 4.13. The quantitative estimate of drug-likeness (QED) is 0.872. The Bertz CT molecular complexity index is 696. The molecule has 2 N–H and O–H groups in total. The number of aromatic nitrogens is 3. The highest BCUT2D eigenvalue weighted by Gasteiger charge is 2.04. The number of rotatable bonds is 4. The number of urea groups is 1. The van der Waals surface area contributed by atoms with Crippen LogP contribution >= 0.6 is 0 Å². The van der Waals surface area contributed by atoms with Crippen LogP contribution < -0.4 is 16.2 Å². The fraction of sp³-hybridized carbons (Fsp3) is 0.286. The van der Waals surface area contributed by atoms with Crippen molar-refractivity contribution in [3.8, 4) is 0 Å². The van der Waals surface area contributed by atoms with Gasteiger partial charge in [-0.25, -0.2) is 9.48 Å². The Hall–Kier alpha value is -2.70. The number of hydrogen-bond donors (Lipinski definition) is 2. The van der Waals surface area contributed by atoms with Crippen LogP contribution in [0, 0.1) is 6.92 Å². The maximum absolute atomic E-state index is 11.7. The van der Waals surface area contributed by atoms with Crippen LogP contribution in [0.15, 0.2) is 35.4 Å². The minimum absolute atomic E-state index is 0.228. The summed E-state index contributed by atoms with van der Waals surface area (Å²) in [4.78, 5) is 26.9. The predicted molar refractivity (Wildman–Crippen MR) is 79.2 cm³/mol. The third-order valence-electron chi connectivity index (χ3n) is 3.02. The van der Waals surface area contributed by atoms with Gasteiger partial charge in [-0.1, -0.05) is 0 Å². The number of nitrogens with zero attached hydrogens (tertiary/aromatic N) is 3. The van der Waals surface area contributed by atoms with Gasteiger partial charge >= 0.3 is 6.03 Å². The van der Waals surface area contributed by atoms with E-state index in [2.05, 4.69) is 20.7 Å². The second-order valence-corrected chi connectivity index (χ2v) is 4.61. The molecule has 0 spiro atoms. The summed E-state index contributed by atoms with van der Waals surface area (Å²) >= 11 is 0. The standard InChI is InChI=1S/C14H17N5O2/c1-10-9-15-7-5-11(10)6-8-16-14(21)17-12-3-4-13(20)19(2)18-12/h3-5,7,9H,6,8H2,1-2H3,(H2,16,17,18,21). The van der Waals surface area contributed by atoms with E-state index in [9.17, 15) is 9.59 Å². The number of carbonyl (C=O) groups is 1. The molecule has 0 saturated carbocycles. The summed E-state index contributed by atoms with van der Waals surface area (Å²) in [5.74, 6) is 0.328. The average Bonchev–Trinajstić information content (AvgIpc) is 2.45. The van der Waals surface area contributed by atoms with Crippen molar-refractivity contribution >= 4 is 11.8 Å². The second kappa shape index (κ2) is 6.65. The smallest absolute Gasteiger partial charge is 0.320 e. The summed E-state index contributed by atoms with van der Waals surface area (Å²) in [6, 6.07) is 4.40. The summed E-state index contributed by atoms with van der Waals surface area (Å²) in [6.07, 6.45) is 4.25. The van der Waals surface area contributed by atoms with Crippen molar-refractivity contribution in [2.75, 3.05) is 11.9 Å². The van der Waals surface area contributed by atoms with Gasteiger partial charge in [0, 0.05) is 32.1 Å². The van der Waals surface area contributed by atoms with Crippen LogP contribution in [0.25, 0.3) is 0 Å². The molecule has 2 aromatic heterocycles. The van der Waals surface area contributed by atoms with Crippen LogP contribution in [0.4, 0.5) is 10.6 Å². The Morgan fingerprint density at radius 3 is 2.86 bits per heavy atom. The minimum atomic E-state index is -0.354. The van der Waals surface area contributed by atoms with Crippen LogP contribution in [-0.2, 0) is 13.5 Å². The van der Waals surface area contributed by atoms with E-state index in [1.54, 1.807) is 12.4 Å². The molecule has 0 aliphatic carbocycles. The molecule has 2 rings (SSSR count). The molecule has 110 valence electrons. The summed E-state index contributed by atoms with van der Waals surface area (Å²) in [7, 11) is 1.53. The molecule has 2 amide bonds. The number of hydrogen-bond acceptors (Lipinski definition) is 4. The lowest BCUT2D eigenvalue weighted by atomic mass is 10.1. The lowest BCUT2D eigenvalue weighted by Crippen LogP contribution is -2.31. The van der Waals surface area contributed by atoms with Crippen molar-refractivity contribution in [1.29, 1.82) is 0 Å². The minimum Gasteiger partial charge on any atom is -0.337 e. The SMILES string of the molecule is Cc1cnccc1CCNC(=O)Nc1ccc(=O)n(C)n1. The molecule has 7 heteroatoms. The van der Waals surface area contributed by atoms with E-state index in [0.717, 1.165) is 22.2 Å². The molecule has 0 saturated heterocycles. The van der Waals surface area contributed by atoms with Crippen molar-refractivity contribution in [3.63, 3.8) is 0 Å². The number of carbonyl (C=O) groups excluding carboxylic acids is 1. The fourth-order valence-electron chi connectivity index (χ4n) is 1.82. The van der Waals surface area contributed by atoms with Gasteiger partial charge in [-0.05, 0) is 36.6 Å². The van der Waals surface area contributed by atoms with E-state index in [4.69, 9.17) is 0 Å². The van der Waals surface area contributed by atoms with Gasteiger partial charge in [-0.3, -0.25) is 15.1 Å². The van der Waals surface area contributed by atoms with E-state index in [1.165, 1.54) is 19.2 Å². The molecular weight excluding hydrogens is 270 g/mol. The zero-order chi connectivity index (χ0) is 15.2. The van der Waals surface area contributed by atoms with Gasteiger partial charge < -0.3 is 5.32 Å². The molecule has 2 aromatic rings. The number of anilines is 1. The van der Waals surface area contributed by atoms with Crippen molar-refractivity contribution in [3.05, 3.63) is 52.1 Å². The van der Waals surface area contributed by atoms with Crippen molar-refractivity contribution in [2.24, 2.45) is 7.05 Å². The molecule has 2 heterocycles. The Balaban J connectivity index is 1.84. The summed E-state index contributed by atoms with van der Waals surface area (Å²) in [5, 5.41) is 9.24. The van der Waals surface area contributed by atoms with Gasteiger partial charge in [0.1, 0.15) is 0 Å².